The van der Waals surface area contributed by atoms with Crippen LogP contribution in [-0.2, 0) is 72.0 Å². The van der Waals surface area contributed by atoms with Crippen LogP contribution in [0.3, 0.4) is 0 Å². The SMILES string of the molecule is CC(=O)N[C@H](Cc1ccc2ccccc2c1)C(=O)N[C@H](Cc1ccc(Cl)cc1)C(=O)N[C@H](Cc1cccnc1)C(=O)N[C@@H](CO)C(=O)N[C@@H](CCCCN)C(=O)[N+]1(C(=O)[C@H](CCCC(NC(C)C)C(=O)c2cccnc2)NC(=O)[C@H](CC(C)C)NC(=O)[C@H](N)CCCC(N)C(=O)c2cccnc2)CCC[C@]1(N[C@H](C)C(N)=O)C(=O)O. The van der Waals surface area contributed by atoms with Crippen LogP contribution in [0.5, 0.6) is 0 Å². The molecule has 6 aromatic rings. The van der Waals surface area contributed by atoms with Crippen molar-refractivity contribution in [1.82, 2.24) is 62.8 Å². The maximum atomic E-state index is 16.8. The Hall–Kier alpha value is -10.7. The van der Waals surface area contributed by atoms with E-state index in [2.05, 4.69) is 62.8 Å². The maximum absolute atomic E-state index is 16.8. The predicted molar refractivity (Wildman–Crippen MR) is 429 cm³/mol. The summed E-state index contributed by atoms with van der Waals surface area (Å²) in [4.78, 5) is 203. The summed E-state index contributed by atoms with van der Waals surface area (Å²) >= 11 is 6.27. The van der Waals surface area contributed by atoms with Crippen LogP contribution >= 0.6 is 11.6 Å². The molecule has 1 fully saturated rings. The summed E-state index contributed by atoms with van der Waals surface area (Å²) in [5, 5.41) is 49.9. The lowest BCUT2D eigenvalue weighted by atomic mass is 9.94. The predicted octanol–water partition coefficient (Wildman–Crippen LogP) is 2.32. The Bertz CT molecular complexity index is 4340. The molecule has 4 heterocycles. The number of primary amides is 1. The van der Waals surface area contributed by atoms with E-state index in [-0.39, 0.29) is 119 Å². The van der Waals surface area contributed by atoms with E-state index in [0.717, 1.165) is 10.8 Å². The normalized spacial score (nSPS) is 17.5. The number of imide groups is 1. The average Bonchev–Trinajstić information content (AvgIpc) is 1.60. The van der Waals surface area contributed by atoms with Crippen LogP contribution in [0.4, 0.5) is 0 Å². The fourth-order valence-electron chi connectivity index (χ4n) is 14.2. The summed E-state index contributed by atoms with van der Waals surface area (Å²) in [6.45, 7) is 7.73. The van der Waals surface area contributed by atoms with Crippen molar-refractivity contribution in [2.45, 2.75) is 216 Å². The number of fused-ring (bicyclic) bond motifs is 1. The number of carboxylic acids is 1. The van der Waals surface area contributed by atoms with Crippen molar-refractivity contribution in [2.24, 2.45) is 28.9 Å². The fourth-order valence-corrected chi connectivity index (χ4v) is 14.4. The van der Waals surface area contributed by atoms with Crippen molar-refractivity contribution in [3.8, 4) is 0 Å². The van der Waals surface area contributed by atoms with E-state index >= 15 is 28.8 Å². The minimum Gasteiger partial charge on any atom is -0.475 e. The number of unbranched alkanes of at least 4 members (excludes halogenated alkanes) is 1. The van der Waals surface area contributed by atoms with Crippen LogP contribution in [0.25, 0.3) is 10.8 Å². The quantitative estimate of drug-likeness (QED) is 0.0148. The van der Waals surface area contributed by atoms with Gasteiger partial charge < -0.3 is 75.7 Å². The molecule has 10 amide bonds. The summed E-state index contributed by atoms with van der Waals surface area (Å²) in [6, 6.07) is 12.2. The average molecular weight is 1610 g/mol. The highest BCUT2D eigenvalue weighted by atomic mass is 35.5. The van der Waals surface area contributed by atoms with Gasteiger partial charge in [-0.25, -0.2) is 19.7 Å². The first-order valence-electron chi connectivity index (χ1n) is 38.8. The molecule has 0 saturated carbocycles. The maximum Gasteiger partial charge on any atom is 0.383 e. The van der Waals surface area contributed by atoms with Gasteiger partial charge in [0, 0.05) is 98.4 Å². The van der Waals surface area contributed by atoms with Gasteiger partial charge in [-0.05, 0) is 154 Å². The van der Waals surface area contributed by atoms with E-state index in [0.29, 0.717) is 27.3 Å². The van der Waals surface area contributed by atoms with Crippen LogP contribution < -0.4 is 70.8 Å². The third-order valence-corrected chi connectivity index (χ3v) is 20.4. The largest absolute Gasteiger partial charge is 0.475 e. The van der Waals surface area contributed by atoms with Crippen molar-refractivity contribution in [2.75, 3.05) is 19.7 Å². The van der Waals surface area contributed by atoms with E-state index < -0.39 is 168 Å². The number of halogens is 1. The standard InChI is InChI=1S/C82H108ClN17O15/c1-48(2)39-65(95-73(106)61(86)23-11-22-60(85)70(103)57-20-14-36-89-45-57)74(107)93-64(26-12-25-62(91-49(3)4)71(104)58-21-15-37-90-46-58)80(113)100(38-16-33-82(100,81(114)115)99-50(5)72(87)105)79(112)63(24-9-10-34-84)94-78(111)69(47-101)98-77(110)68(43-54-17-13-35-88-44-54)97-76(109)67(41-52-28-31-59(83)32-29-52)96-75(108)66(92-51(6)102)42-53-27-30-55-18-7-8-19-56(55)40-53/h7-8,13-15,17-21,27-32,35-37,40,44-46,48-50,60-69,91,99,101H,9-12,16,22-26,33-34,38-39,41-43,47,84-86H2,1-6H3,(H9-,87,92,93,94,95,96,97,98,102,105,106,107,108,109,110,111,114,115)/p+1/t50-,60?,61-,62?,63+,64+,65+,66-,67-,68-,69+,82-,100?/m1/s1. The number of aliphatic carboxylic acids is 1. The van der Waals surface area contributed by atoms with Gasteiger partial charge in [0.1, 0.15) is 42.3 Å². The van der Waals surface area contributed by atoms with Gasteiger partial charge in [-0.3, -0.25) is 62.9 Å². The molecular formula is C82H109ClN17O15+. The molecule has 19 N–H and O–H groups in total. The summed E-state index contributed by atoms with van der Waals surface area (Å²) in [6.07, 6.45) is 6.79. The number of nitrogens with two attached hydrogens (primary N) is 4. The molecule has 3 aromatic heterocycles. The Balaban J connectivity index is 1.25. The zero-order chi connectivity index (χ0) is 84.1. The number of hydrogen-bond donors (Lipinski definition) is 15. The van der Waals surface area contributed by atoms with Gasteiger partial charge in [-0.1, -0.05) is 100.0 Å². The number of likely N-dealkylation sites (tertiary alicyclic amines) is 1. The number of aromatic nitrogens is 3. The fraction of sp³-hybridized carbons (Fsp3) is 0.463. The van der Waals surface area contributed by atoms with Gasteiger partial charge in [0.05, 0.1) is 37.3 Å². The Morgan fingerprint density at radius 1 is 0.513 bits per heavy atom. The van der Waals surface area contributed by atoms with Crippen LogP contribution in [0, 0.1) is 5.92 Å². The minimum atomic E-state index is -2.83. The van der Waals surface area contributed by atoms with Crippen LogP contribution in [0.15, 0.2) is 140 Å². The van der Waals surface area contributed by atoms with Gasteiger partial charge in [0.25, 0.3) is 5.66 Å². The molecule has 7 rings (SSSR count). The number of carboxylic acid groups (broad SMARTS) is 1. The number of rotatable bonds is 46. The first kappa shape index (κ1) is 91.5. The lowest BCUT2D eigenvalue weighted by Crippen LogP contribution is -2.81. The Morgan fingerprint density at radius 2 is 1.00 bits per heavy atom. The van der Waals surface area contributed by atoms with Gasteiger partial charge in [-0.2, -0.15) is 4.48 Å². The minimum absolute atomic E-state index is 0.00348. The smallest absolute Gasteiger partial charge is 0.383 e. The van der Waals surface area contributed by atoms with E-state index in [4.69, 9.17) is 34.5 Å². The van der Waals surface area contributed by atoms with E-state index in [1.54, 1.807) is 88.4 Å². The number of carbonyl (C=O) groups is 13. The van der Waals surface area contributed by atoms with Crippen molar-refractivity contribution >= 4 is 99.0 Å². The molecule has 3 unspecified atom stereocenters. The molecular weight excluding hydrogens is 1500 g/mol. The second-order valence-corrected chi connectivity index (χ2v) is 30.3. The second kappa shape index (κ2) is 44.2. The van der Waals surface area contributed by atoms with Crippen molar-refractivity contribution in [3.63, 3.8) is 0 Å². The molecule has 0 radical (unpaired) electrons. The Kier molecular flexibility index (Phi) is 35.2. The van der Waals surface area contributed by atoms with Crippen LogP contribution in [0.2, 0.25) is 5.02 Å². The lowest BCUT2D eigenvalue weighted by Gasteiger charge is -2.45. The molecule has 1 aliphatic rings. The number of nitrogens with one attached hydrogen (secondary N) is 9. The molecule has 32 nitrogen and oxygen atoms in total. The summed E-state index contributed by atoms with van der Waals surface area (Å²) in [7, 11) is 0. The molecule has 0 aliphatic carbocycles. The van der Waals surface area contributed by atoms with Crippen LogP contribution in [0.1, 0.15) is 156 Å². The van der Waals surface area contributed by atoms with E-state index in [1.807, 2.05) is 42.5 Å². The number of Topliss-reactive ketones (excluding diaryl/α,β-unsaturated/α-hetero) is 2. The summed E-state index contributed by atoms with van der Waals surface area (Å²) in [5.74, 6) is -13.0. The summed E-state index contributed by atoms with van der Waals surface area (Å²) in [5.41, 5.74) is 23.8. The molecule has 0 bridgehead atoms. The topological polar surface area (TPSA) is 513 Å². The highest BCUT2D eigenvalue weighted by Crippen LogP contribution is 2.40. The number of ketones is 2. The van der Waals surface area contributed by atoms with Gasteiger partial charge in [0.2, 0.25) is 47.3 Å². The number of benzene rings is 3. The molecule has 0 spiro atoms. The Morgan fingerprint density at radius 3 is 1.54 bits per heavy atom. The number of aliphatic hydroxyl groups excluding tert-OH is 1. The van der Waals surface area contributed by atoms with Crippen LogP contribution in [-0.4, -0.2) is 204 Å². The second-order valence-electron chi connectivity index (χ2n) is 29.9. The molecule has 13 atom stereocenters. The number of pyridine rings is 3. The van der Waals surface area contributed by atoms with Crippen molar-refractivity contribution in [1.29, 1.82) is 0 Å². The highest BCUT2D eigenvalue weighted by molar-refractivity contribution is 6.30. The van der Waals surface area contributed by atoms with Crippen molar-refractivity contribution in [3.05, 3.63) is 173 Å². The first-order valence-corrected chi connectivity index (χ1v) is 39.1. The third-order valence-electron chi connectivity index (χ3n) is 20.2. The molecule has 115 heavy (non-hydrogen) atoms. The molecule has 1 saturated heterocycles. The number of nitrogens with zero attached hydrogens (tertiary/aromatic N) is 4. The molecule has 618 valence electrons. The summed E-state index contributed by atoms with van der Waals surface area (Å²) < 4.78 is -1.78. The molecule has 1 aliphatic heterocycles. The first-order chi connectivity index (χ1) is 54.8. The number of quaternary nitrogens is 1. The number of amides is 10. The number of aliphatic hydroxyl groups is 1. The van der Waals surface area contributed by atoms with E-state index in [1.165, 1.54) is 51.0 Å². The lowest BCUT2D eigenvalue weighted by molar-refractivity contribution is -0.817. The van der Waals surface area contributed by atoms with Gasteiger partial charge in [-0.15, -0.1) is 0 Å². The molecule has 33 heteroatoms. The zero-order valence-electron chi connectivity index (χ0n) is 65.7. The molecule has 3 aromatic carbocycles. The van der Waals surface area contributed by atoms with Crippen molar-refractivity contribution < 1.29 is 77.0 Å². The van der Waals surface area contributed by atoms with Gasteiger partial charge >= 0.3 is 17.8 Å². The third kappa shape index (κ3) is 25.9. The van der Waals surface area contributed by atoms with E-state index in [9.17, 15) is 43.8 Å². The Labute approximate surface area is 673 Å². The number of hydrogen-bond acceptors (Lipinski definition) is 22. The highest BCUT2D eigenvalue weighted by Gasteiger charge is 2.71. The van der Waals surface area contributed by atoms with Gasteiger partial charge in [0.15, 0.2) is 11.6 Å². The monoisotopic (exact) mass is 1610 g/mol. The number of carbonyl (C=O) groups excluding carboxylic acids is 12. The zero-order valence-corrected chi connectivity index (χ0v) is 66.4.